The van der Waals surface area contributed by atoms with E-state index < -0.39 is 6.09 Å². The average Bonchev–Trinajstić information content (AvgIpc) is 3.08. The summed E-state index contributed by atoms with van der Waals surface area (Å²) in [7, 11) is 0. The number of thioether (sulfide) groups is 1. The molecule has 2 N–H and O–H groups in total. The molecular formula is C17H15N3O2S. The van der Waals surface area contributed by atoms with Crippen LogP contribution in [0, 0.1) is 0 Å². The largest absolute Gasteiger partial charge is 0.417 e. The van der Waals surface area contributed by atoms with E-state index in [0.717, 1.165) is 11.1 Å². The van der Waals surface area contributed by atoms with Gasteiger partial charge in [-0.25, -0.2) is 4.79 Å². The van der Waals surface area contributed by atoms with Crippen molar-refractivity contribution in [3.63, 3.8) is 0 Å². The maximum atomic E-state index is 12.0. The van der Waals surface area contributed by atoms with Crippen molar-refractivity contribution in [1.29, 1.82) is 0 Å². The van der Waals surface area contributed by atoms with Gasteiger partial charge in [0.1, 0.15) is 0 Å². The molecule has 0 aliphatic carbocycles. The molecule has 0 radical (unpaired) electrons. The minimum absolute atomic E-state index is 0.365. The van der Waals surface area contributed by atoms with Gasteiger partial charge in [-0.05, 0) is 30.0 Å². The van der Waals surface area contributed by atoms with Crippen molar-refractivity contribution in [2.45, 2.75) is 4.90 Å². The van der Waals surface area contributed by atoms with Gasteiger partial charge >= 0.3 is 6.09 Å². The molecule has 1 aromatic heterocycles. The molecule has 0 unspecified atom stereocenters. The maximum Gasteiger partial charge on any atom is 0.417 e. The Bertz CT molecular complexity index is 786. The summed E-state index contributed by atoms with van der Waals surface area (Å²) >= 11 is 1.69. The third kappa shape index (κ3) is 3.73. The lowest BCUT2D eigenvalue weighted by Gasteiger charge is -2.11. The van der Waals surface area contributed by atoms with Crippen molar-refractivity contribution < 1.29 is 9.53 Å². The quantitative estimate of drug-likeness (QED) is 0.697. The van der Waals surface area contributed by atoms with Crippen LogP contribution < -0.4 is 10.1 Å². The van der Waals surface area contributed by atoms with Gasteiger partial charge in [0.05, 0.1) is 18.1 Å². The Balaban J connectivity index is 1.81. The number of hydrogen-bond acceptors (Lipinski definition) is 4. The second-order valence-corrected chi connectivity index (χ2v) is 5.60. The van der Waals surface area contributed by atoms with Gasteiger partial charge < -0.3 is 4.74 Å². The Kier molecular flexibility index (Phi) is 4.63. The molecule has 5 nitrogen and oxygen atoms in total. The highest BCUT2D eigenvalue weighted by atomic mass is 32.2. The van der Waals surface area contributed by atoms with E-state index in [1.807, 2.05) is 42.7 Å². The summed E-state index contributed by atoms with van der Waals surface area (Å²) < 4.78 is 5.14. The van der Waals surface area contributed by atoms with E-state index >= 15 is 0 Å². The van der Waals surface area contributed by atoms with Crippen molar-refractivity contribution in [2.75, 3.05) is 11.6 Å². The van der Waals surface area contributed by atoms with Gasteiger partial charge in [-0.3, -0.25) is 10.4 Å². The van der Waals surface area contributed by atoms with Crippen LogP contribution in [0.25, 0.3) is 11.1 Å². The van der Waals surface area contributed by atoms with Gasteiger partial charge in [0, 0.05) is 10.5 Å². The van der Waals surface area contributed by atoms with Gasteiger partial charge in [-0.15, -0.1) is 11.8 Å². The van der Waals surface area contributed by atoms with Crippen molar-refractivity contribution in [3.05, 3.63) is 60.9 Å². The van der Waals surface area contributed by atoms with E-state index in [0.29, 0.717) is 11.4 Å². The number of nitrogens with zero attached hydrogens (tertiary/aromatic N) is 1. The molecule has 1 amide bonds. The summed E-state index contributed by atoms with van der Waals surface area (Å²) in [6.07, 6.45) is 4.43. The first-order chi connectivity index (χ1) is 11.3. The standard InChI is InChI=1S/C17H15N3O2S/c1-23-14-8-6-12(7-9-14)15-4-2-3-5-16(15)20-17(21)22-13-10-18-19-11-13/h2-11H,1H3,(H,18,19)(H,20,21). The van der Waals surface area contributed by atoms with E-state index in [9.17, 15) is 4.79 Å². The molecule has 3 aromatic rings. The Hall–Kier alpha value is -2.73. The van der Waals surface area contributed by atoms with Crippen molar-refractivity contribution in [2.24, 2.45) is 0 Å². The third-order valence-electron chi connectivity index (χ3n) is 3.25. The lowest BCUT2D eigenvalue weighted by Crippen LogP contribution is -2.16. The summed E-state index contributed by atoms with van der Waals surface area (Å²) in [6, 6.07) is 15.8. The molecule has 0 spiro atoms. The second-order valence-electron chi connectivity index (χ2n) is 4.72. The van der Waals surface area contributed by atoms with Crippen LogP contribution in [0.5, 0.6) is 5.75 Å². The molecular weight excluding hydrogens is 310 g/mol. The summed E-state index contributed by atoms with van der Waals surface area (Å²) in [5.74, 6) is 0.365. The SMILES string of the molecule is CSc1ccc(-c2ccccc2NC(=O)Oc2cn[nH]c2)cc1. The normalized spacial score (nSPS) is 10.3. The number of benzene rings is 2. The average molecular weight is 325 g/mol. The minimum Gasteiger partial charge on any atom is -0.407 e. The van der Waals surface area contributed by atoms with Crippen LogP contribution in [0.1, 0.15) is 0 Å². The van der Waals surface area contributed by atoms with Gasteiger partial charge in [-0.2, -0.15) is 5.10 Å². The zero-order valence-electron chi connectivity index (χ0n) is 12.4. The van der Waals surface area contributed by atoms with Crippen LogP contribution in [0.3, 0.4) is 0 Å². The summed E-state index contributed by atoms with van der Waals surface area (Å²) in [6.45, 7) is 0. The number of H-pyrrole nitrogens is 1. The fraction of sp³-hybridized carbons (Fsp3) is 0.0588. The molecule has 0 aliphatic heterocycles. The van der Waals surface area contributed by atoms with Gasteiger partial charge in [0.2, 0.25) is 0 Å². The highest BCUT2D eigenvalue weighted by Crippen LogP contribution is 2.29. The molecule has 0 saturated heterocycles. The van der Waals surface area contributed by atoms with Crippen LogP contribution >= 0.6 is 11.8 Å². The monoisotopic (exact) mass is 325 g/mol. The van der Waals surface area contributed by atoms with E-state index in [2.05, 4.69) is 27.6 Å². The maximum absolute atomic E-state index is 12.0. The van der Waals surface area contributed by atoms with Crippen molar-refractivity contribution >= 4 is 23.5 Å². The number of rotatable bonds is 4. The number of carbonyl (C=O) groups is 1. The van der Waals surface area contributed by atoms with E-state index in [4.69, 9.17) is 4.74 Å². The topological polar surface area (TPSA) is 67.0 Å². The zero-order valence-corrected chi connectivity index (χ0v) is 13.3. The molecule has 0 bridgehead atoms. The molecule has 2 aromatic carbocycles. The molecule has 0 aliphatic rings. The number of amides is 1. The Morgan fingerprint density at radius 3 is 2.65 bits per heavy atom. The highest BCUT2D eigenvalue weighted by molar-refractivity contribution is 7.98. The highest BCUT2D eigenvalue weighted by Gasteiger charge is 2.10. The van der Waals surface area contributed by atoms with Crippen molar-refractivity contribution in [1.82, 2.24) is 10.2 Å². The minimum atomic E-state index is -0.556. The van der Waals surface area contributed by atoms with E-state index in [1.54, 1.807) is 11.8 Å². The number of para-hydroxylation sites is 1. The first kappa shape index (κ1) is 15.2. The Morgan fingerprint density at radius 2 is 1.96 bits per heavy atom. The van der Waals surface area contributed by atoms with Crippen LogP contribution in [-0.2, 0) is 0 Å². The lowest BCUT2D eigenvalue weighted by molar-refractivity contribution is 0.215. The summed E-state index contributed by atoms with van der Waals surface area (Å²) in [5, 5.41) is 9.09. The molecule has 0 atom stereocenters. The van der Waals surface area contributed by atoms with Crippen LogP contribution in [0.15, 0.2) is 65.8 Å². The smallest absolute Gasteiger partial charge is 0.407 e. The number of anilines is 1. The van der Waals surface area contributed by atoms with Crippen LogP contribution in [0.4, 0.5) is 10.5 Å². The number of carbonyl (C=O) groups excluding carboxylic acids is 1. The van der Waals surface area contributed by atoms with Crippen molar-refractivity contribution in [3.8, 4) is 16.9 Å². The Morgan fingerprint density at radius 1 is 1.17 bits per heavy atom. The summed E-state index contributed by atoms with van der Waals surface area (Å²) in [5.41, 5.74) is 2.66. The van der Waals surface area contributed by atoms with E-state index in [1.165, 1.54) is 17.3 Å². The lowest BCUT2D eigenvalue weighted by atomic mass is 10.0. The molecule has 1 heterocycles. The Labute approximate surface area is 138 Å². The molecule has 6 heteroatoms. The zero-order chi connectivity index (χ0) is 16.1. The number of aromatic amines is 1. The molecule has 0 fully saturated rings. The first-order valence-corrected chi connectivity index (χ1v) is 8.20. The predicted octanol–water partition coefficient (Wildman–Crippen LogP) is 4.41. The van der Waals surface area contributed by atoms with Gasteiger partial charge in [-0.1, -0.05) is 30.3 Å². The fourth-order valence-electron chi connectivity index (χ4n) is 2.15. The van der Waals surface area contributed by atoms with Gasteiger partial charge in [0.25, 0.3) is 0 Å². The first-order valence-electron chi connectivity index (χ1n) is 6.97. The second kappa shape index (κ2) is 7.02. The van der Waals surface area contributed by atoms with Crippen LogP contribution in [0.2, 0.25) is 0 Å². The molecule has 23 heavy (non-hydrogen) atoms. The molecule has 3 rings (SSSR count). The summed E-state index contributed by atoms with van der Waals surface area (Å²) in [4.78, 5) is 13.2. The number of nitrogens with one attached hydrogen (secondary N) is 2. The molecule has 116 valence electrons. The number of ether oxygens (including phenoxy) is 1. The van der Waals surface area contributed by atoms with E-state index in [-0.39, 0.29) is 0 Å². The fourth-order valence-corrected chi connectivity index (χ4v) is 2.56. The third-order valence-corrected chi connectivity index (χ3v) is 3.99. The molecule has 0 saturated carbocycles. The number of hydrogen-bond donors (Lipinski definition) is 2. The van der Waals surface area contributed by atoms with Crippen LogP contribution in [-0.4, -0.2) is 22.5 Å². The predicted molar refractivity (Wildman–Crippen MR) is 91.9 cm³/mol. The van der Waals surface area contributed by atoms with Gasteiger partial charge in [0.15, 0.2) is 5.75 Å². The number of aromatic nitrogens is 2.